The summed E-state index contributed by atoms with van der Waals surface area (Å²) in [6, 6.07) is 0. The van der Waals surface area contributed by atoms with Gasteiger partial charge >= 0.3 is 0 Å². The van der Waals surface area contributed by atoms with Crippen LogP contribution in [0.1, 0.15) is 0 Å². The van der Waals surface area contributed by atoms with Crippen LogP contribution in [0.4, 0.5) is 0 Å². The maximum atomic E-state index is 4.02. The van der Waals surface area contributed by atoms with Gasteiger partial charge in [-0.2, -0.15) is 0 Å². The van der Waals surface area contributed by atoms with Gasteiger partial charge in [0, 0.05) is 51.7 Å². The highest BCUT2D eigenvalue weighted by Gasteiger charge is 2.08. The average molecular weight is 180 g/mol. The number of hydrogen-bond donors (Lipinski definition) is 1. The van der Waals surface area contributed by atoms with E-state index in [-0.39, 0.29) is 0 Å². The third-order valence-corrected chi connectivity index (χ3v) is 2.44. The normalized spacial score (nSPS) is 19.1. The summed E-state index contributed by atoms with van der Waals surface area (Å²) in [5, 5.41) is 3.35. The fraction of sp³-hybridized carbons (Fsp3) is 0.667. The van der Waals surface area contributed by atoms with Gasteiger partial charge in [0.05, 0.1) is 6.33 Å². The van der Waals surface area contributed by atoms with Crippen molar-refractivity contribution in [2.75, 3.05) is 32.7 Å². The molecule has 0 unspecified atom stereocenters. The van der Waals surface area contributed by atoms with Crippen LogP contribution in [0.5, 0.6) is 0 Å². The van der Waals surface area contributed by atoms with E-state index in [0.29, 0.717) is 0 Å². The molecule has 0 aliphatic carbocycles. The number of piperazine rings is 1. The van der Waals surface area contributed by atoms with Gasteiger partial charge in [-0.3, -0.25) is 4.90 Å². The van der Waals surface area contributed by atoms with Gasteiger partial charge < -0.3 is 9.88 Å². The highest BCUT2D eigenvalue weighted by atomic mass is 15.2. The van der Waals surface area contributed by atoms with Gasteiger partial charge in [0.25, 0.3) is 0 Å². The molecule has 2 heterocycles. The average Bonchev–Trinajstić information content (AvgIpc) is 2.69. The largest absolute Gasteiger partial charge is 0.336 e. The number of rotatable bonds is 3. The molecule has 0 saturated carbocycles. The number of nitrogens with one attached hydrogen (secondary N) is 1. The second-order valence-corrected chi connectivity index (χ2v) is 3.39. The van der Waals surface area contributed by atoms with Crippen LogP contribution in [0, 0.1) is 0 Å². The molecule has 13 heavy (non-hydrogen) atoms. The predicted octanol–water partition coefficient (Wildman–Crippen LogP) is -0.212. The minimum Gasteiger partial charge on any atom is -0.336 e. The smallest absolute Gasteiger partial charge is 0.0946 e. The van der Waals surface area contributed by atoms with Crippen LogP contribution >= 0.6 is 0 Å². The molecule has 1 saturated heterocycles. The number of aromatic nitrogens is 2. The van der Waals surface area contributed by atoms with Crippen molar-refractivity contribution in [2.45, 2.75) is 6.54 Å². The van der Waals surface area contributed by atoms with Crippen LogP contribution in [-0.2, 0) is 6.54 Å². The monoisotopic (exact) mass is 180 g/mol. The van der Waals surface area contributed by atoms with Crippen LogP contribution in [-0.4, -0.2) is 47.2 Å². The summed E-state index contributed by atoms with van der Waals surface area (Å²) >= 11 is 0. The van der Waals surface area contributed by atoms with Gasteiger partial charge in [-0.05, 0) is 0 Å². The molecule has 0 amide bonds. The van der Waals surface area contributed by atoms with Gasteiger partial charge in [0.15, 0.2) is 0 Å². The first-order chi connectivity index (χ1) is 6.45. The van der Waals surface area contributed by atoms with Crippen molar-refractivity contribution in [1.29, 1.82) is 0 Å². The van der Waals surface area contributed by atoms with Crippen LogP contribution < -0.4 is 5.32 Å². The summed E-state index contributed by atoms with van der Waals surface area (Å²) in [6.07, 6.45) is 5.72. The van der Waals surface area contributed by atoms with Crippen molar-refractivity contribution < 1.29 is 0 Å². The third-order valence-electron chi connectivity index (χ3n) is 2.44. The zero-order valence-electron chi connectivity index (χ0n) is 7.82. The zero-order chi connectivity index (χ0) is 8.93. The lowest BCUT2D eigenvalue weighted by Gasteiger charge is -2.27. The summed E-state index contributed by atoms with van der Waals surface area (Å²) in [5.41, 5.74) is 0. The first-order valence-electron chi connectivity index (χ1n) is 4.84. The molecule has 0 aromatic carbocycles. The van der Waals surface area contributed by atoms with E-state index in [0.717, 1.165) is 26.2 Å². The molecule has 1 aromatic rings. The lowest BCUT2D eigenvalue weighted by atomic mass is 10.3. The molecule has 1 aliphatic heterocycles. The molecule has 0 spiro atoms. The maximum Gasteiger partial charge on any atom is 0.0946 e. The topological polar surface area (TPSA) is 33.1 Å². The summed E-state index contributed by atoms with van der Waals surface area (Å²) < 4.78 is 2.13. The minimum absolute atomic E-state index is 1.06. The highest BCUT2D eigenvalue weighted by Crippen LogP contribution is 1.94. The highest BCUT2D eigenvalue weighted by molar-refractivity contribution is 4.75. The summed E-state index contributed by atoms with van der Waals surface area (Å²) in [4.78, 5) is 6.50. The SMILES string of the molecule is c1cn(CCN2CCNCC2)cn1. The standard InChI is InChI=1S/C9H16N4/c1-4-12(5-2-10-1)7-8-13-6-3-11-9-13/h3,6,9-10H,1-2,4-5,7-8H2. The molecule has 2 rings (SSSR count). The van der Waals surface area contributed by atoms with Crippen molar-refractivity contribution in [3.05, 3.63) is 18.7 Å². The first kappa shape index (κ1) is 8.72. The van der Waals surface area contributed by atoms with E-state index in [1.807, 2.05) is 18.7 Å². The number of imidazole rings is 1. The molecule has 0 bridgehead atoms. The van der Waals surface area contributed by atoms with Crippen molar-refractivity contribution in [3.63, 3.8) is 0 Å². The quantitative estimate of drug-likeness (QED) is 0.698. The van der Waals surface area contributed by atoms with Gasteiger partial charge in [0.1, 0.15) is 0 Å². The van der Waals surface area contributed by atoms with Gasteiger partial charge in [0.2, 0.25) is 0 Å². The molecule has 0 atom stereocenters. The third kappa shape index (κ3) is 2.54. The van der Waals surface area contributed by atoms with E-state index in [4.69, 9.17) is 0 Å². The second kappa shape index (κ2) is 4.39. The van der Waals surface area contributed by atoms with E-state index in [1.54, 1.807) is 0 Å². The van der Waals surface area contributed by atoms with Crippen molar-refractivity contribution in [3.8, 4) is 0 Å². The Morgan fingerprint density at radius 3 is 2.77 bits per heavy atom. The van der Waals surface area contributed by atoms with Crippen molar-refractivity contribution in [2.24, 2.45) is 0 Å². The summed E-state index contributed by atoms with van der Waals surface area (Å²) in [5.74, 6) is 0. The van der Waals surface area contributed by atoms with Crippen LogP contribution in [0.3, 0.4) is 0 Å². The fourth-order valence-corrected chi connectivity index (χ4v) is 1.61. The van der Waals surface area contributed by atoms with Crippen molar-refractivity contribution in [1.82, 2.24) is 19.8 Å². The van der Waals surface area contributed by atoms with Gasteiger partial charge in [-0.25, -0.2) is 4.98 Å². The predicted molar refractivity (Wildman–Crippen MR) is 51.5 cm³/mol. The fourth-order valence-electron chi connectivity index (χ4n) is 1.61. The molecule has 4 heteroatoms. The number of nitrogens with zero attached hydrogens (tertiary/aromatic N) is 3. The Kier molecular flexibility index (Phi) is 2.94. The van der Waals surface area contributed by atoms with Crippen LogP contribution in [0.2, 0.25) is 0 Å². The molecular formula is C9H16N4. The van der Waals surface area contributed by atoms with E-state index >= 15 is 0 Å². The van der Waals surface area contributed by atoms with E-state index in [2.05, 4.69) is 19.8 Å². The molecule has 1 fully saturated rings. The molecule has 1 N–H and O–H groups in total. The van der Waals surface area contributed by atoms with Crippen molar-refractivity contribution >= 4 is 0 Å². The molecule has 0 radical (unpaired) electrons. The van der Waals surface area contributed by atoms with E-state index in [9.17, 15) is 0 Å². The maximum absolute atomic E-state index is 4.02. The first-order valence-corrected chi connectivity index (χ1v) is 4.84. The molecule has 72 valence electrons. The Bertz CT molecular complexity index is 226. The Labute approximate surface area is 78.6 Å². The Morgan fingerprint density at radius 2 is 2.08 bits per heavy atom. The lowest BCUT2D eigenvalue weighted by molar-refractivity contribution is 0.232. The number of hydrogen-bond acceptors (Lipinski definition) is 3. The Hall–Kier alpha value is -0.870. The van der Waals surface area contributed by atoms with Gasteiger partial charge in [-0.1, -0.05) is 0 Å². The van der Waals surface area contributed by atoms with E-state index in [1.165, 1.54) is 13.1 Å². The summed E-state index contributed by atoms with van der Waals surface area (Å²) in [6.45, 7) is 6.80. The molecule has 1 aliphatic rings. The molecular weight excluding hydrogens is 164 g/mol. The molecule has 1 aromatic heterocycles. The Morgan fingerprint density at radius 1 is 1.23 bits per heavy atom. The van der Waals surface area contributed by atoms with Crippen LogP contribution in [0.15, 0.2) is 18.7 Å². The minimum atomic E-state index is 1.06. The lowest BCUT2D eigenvalue weighted by Crippen LogP contribution is -2.44. The van der Waals surface area contributed by atoms with E-state index < -0.39 is 0 Å². The van der Waals surface area contributed by atoms with Crippen LogP contribution in [0.25, 0.3) is 0 Å². The molecule has 4 nitrogen and oxygen atoms in total. The summed E-state index contributed by atoms with van der Waals surface area (Å²) in [7, 11) is 0. The zero-order valence-corrected chi connectivity index (χ0v) is 7.82. The second-order valence-electron chi connectivity index (χ2n) is 3.39. The van der Waals surface area contributed by atoms with Gasteiger partial charge in [-0.15, -0.1) is 0 Å². The Balaban J connectivity index is 1.72.